The summed E-state index contributed by atoms with van der Waals surface area (Å²) in [6, 6.07) is 9.99. The lowest BCUT2D eigenvalue weighted by molar-refractivity contribution is 0.390. The highest BCUT2D eigenvalue weighted by atomic mass is 79.9. The predicted octanol–water partition coefficient (Wildman–Crippen LogP) is 3.44. The molecule has 0 amide bonds. The Morgan fingerprint density at radius 1 is 1.17 bits per heavy atom. The summed E-state index contributed by atoms with van der Waals surface area (Å²) in [6.45, 7) is 1.45. The molecule has 2 N–H and O–H groups in total. The molecule has 0 bridgehead atoms. The molecule has 1 aromatic heterocycles. The highest BCUT2D eigenvalue weighted by Crippen LogP contribution is 2.24. The number of nitrogens with zero attached hydrogens (tertiary/aromatic N) is 1. The van der Waals surface area contributed by atoms with Crippen molar-refractivity contribution in [2.24, 2.45) is 4.99 Å². The number of aliphatic imine (C=N–C) groups is 1. The van der Waals surface area contributed by atoms with Crippen molar-refractivity contribution in [2.75, 3.05) is 27.8 Å². The second-order valence-electron chi connectivity index (χ2n) is 4.99. The van der Waals surface area contributed by atoms with Gasteiger partial charge in [0.05, 0.1) is 18.0 Å². The van der Waals surface area contributed by atoms with Crippen molar-refractivity contribution in [1.82, 2.24) is 10.6 Å². The van der Waals surface area contributed by atoms with E-state index in [4.69, 9.17) is 9.47 Å². The van der Waals surface area contributed by atoms with Crippen LogP contribution in [0.2, 0.25) is 0 Å². The highest BCUT2D eigenvalue weighted by Gasteiger charge is 2.06. The summed E-state index contributed by atoms with van der Waals surface area (Å²) in [5.41, 5.74) is 1.04. The van der Waals surface area contributed by atoms with Crippen LogP contribution in [0, 0.1) is 0 Å². The third-order valence-corrected chi connectivity index (χ3v) is 5.14. The molecule has 0 aliphatic heterocycles. The summed E-state index contributed by atoms with van der Waals surface area (Å²) >= 11 is 5.24. The van der Waals surface area contributed by atoms with Crippen molar-refractivity contribution >= 4 is 33.2 Å². The number of benzene rings is 1. The van der Waals surface area contributed by atoms with Crippen LogP contribution in [-0.2, 0) is 13.0 Å². The minimum absolute atomic E-state index is 0.622. The Morgan fingerprint density at radius 2 is 2.00 bits per heavy atom. The first-order chi connectivity index (χ1) is 11.7. The van der Waals surface area contributed by atoms with Crippen LogP contribution in [0.5, 0.6) is 11.5 Å². The van der Waals surface area contributed by atoms with Crippen LogP contribution in [0.15, 0.2) is 39.1 Å². The van der Waals surface area contributed by atoms with Crippen LogP contribution < -0.4 is 20.1 Å². The Hall–Kier alpha value is -1.73. The zero-order valence-corrected chi connectivity index (χ0v) is 16.5. The average Bonchev–Trinajstić information content (AvgIpc) is 3.03. The summed E-state index contributed by atoms with van der Waals surface area (Å²) < 4.78 is 11.8. The van der Waals surface area contributed by atoms with Crippen LogP contribution in [-0.4, -0.2) is 33.8 Å². The van der Waals surface area contributed by atoms with Gasteiger partial charge in [0.25, 0.3) is 0 Å². The Morgan fingerprint density at radius 3 is 2.62 bits per heavy atom. The van der Waals surface area contributed by atoms with Gasteiger partial charge in [0.2, 0.25) is 0 Å². The van der Waals surface area contributed by atoms with Crippen molar-refractivity contribution in [3.05, 3.63) is 44.6 Å². The van der Waals surface area contributed by atoms with Gasteiger partial charge >= 0.3 is 0 Å². The van der Waals surface area contributed by atoms with Gasteiger partial charge in [0.15, 0.2) is 5.96 Å². The maximum atomic E-state index is 5.41. The van der Waals surface area contributed by atoms with Gasteiger partial charge in [-0.15, -0.1) is 11.3 Å². The molecule has 1 aromatic carbocycles. The number of guanidine groups is 1. The van der Waals surface area contributed by atoms with Crippen LogP contribution in [0.4, 0.5) is 0 Å². The van der Waals surface area contributed by atoms with E-state index in [0.29, 0.717) is 6.54 Å². The number of thiophene rings is 1. The molecular weight excluding hydrogens is 390 g/mol. The molecule has 130 valence electrons. The maximum Gasteiger partial charge on any atom is 0.191 e. The quantitative estimate of drug-likeness (QED) is 0.541. The number of methoxy groups -OCH3 is 2. The summed E-state index contributed by atoms with van der Waals surface area (Å²) in [6.07, 6.45) is 0.961. The zero-order chi connectivity index (χ0) is 17.4. The fourth-order valence-electron chi connectivity index (χ4n) is 2.19. The molecule has 1 heterocycles. The predicted molar refractivity (Wildman–Crippen MR) is 103 cm³/mol. The normalized spacial score (nSPS) is 11.2. The smallest absolute Gasteiger partial charge is 0.191 e. The number of hydrogen-bond donors (Lipinski definition) is 2. The summed E-state index contributed by atoms with van der Waals surface area (Å²) in [4.78, 5) is 5.59. The highest BCUT2D eigenvalue weighted by molar-refractivity contribution is 9.11. The largest absolute Gasteiger partial charge is 0.497 e. The average molecular weight is 412 g/mol. The molecule has 0 aliphatic rings. The van der Waals surface area contributed by atoms with Crippen molar-refractivity contribution < 1.29 is 9.47 Å². The van der Waals surface area contributed by atoms with Gasteiger partial charge in [0.1, 0.15) is 11.5 Å². The molecule has 0 saturated carbocycles. The summed E-state index contributed by atoms with van der Waals surface area (Å²) in [7, 11) is 5.07. The number of hydrogen-bond acceptors (Lipinski definition) is 4. The molecule has 0 unspecified atom stereocenters. The van der Waals surface area contributed by atoms with Gasteiger partial charge in [-0.3, -0.25) is 4.99 Å². The molecular formula is C17H22BrN3O2S. The van der Waals surface area contributed by atoms with E-state index in [-0.39, 0.29) is 0 Å². The Balaban J connectivity index is 1.85. The molecule has 0 spiro atoms. The molecule has 24 heavy (non-hydrogen) atoms. The lowest BCUT2D eigenvalue weighted by atomic mass is 10.2. The second-order valence-corrected chi connectivity index (χ2v) is 7.53. The number of halogens is 1. The van der Waals surface area contributed by atoms with Crippen molar-refractivity contribution in [1.29, 1.82) is 0 Å². The molecule has 0 fully saturated rings. The van der Waals surface area contributed by atoms with Gasteiger partial charge in [-0.1, -0.05) is 0 Å². The monoisotopic (exact) mass is 411 g/mol. The molecule has 0 saturated heterocycles. The zero-order valence-electron chi connectivity index (χ0n) is 14.1. The number of rotatable bonds is 7. The van der Waals surface area contributed by atoms with Gasteiger partial charge in [0, 0.05) is 36.6 Å². The first kappa shape index (κ1) is 18.6. The fourth-order valence-corrected chi connectivity index (χ4v) is 3.67. The van der Waals surface area contributed by atoms with Crippen LogP contribution in [0.25, 0.3) is 0 Å². The Labute approximate surface area is 155 Å². The standard InChI is InChI=1S/C17H22BrN3O2S/c1-19-17(20-9-8-14-6-7-16(18)24-14)21-11-12-4-5-13(22-2)10-15(12)23-3/h4-7,10H,8-9,11H2,1-3H3,(H2,19,20,21). The molecule has 0 radical (unpaired) electrons. The first-order valence-corrected chi connectivity index (χ1v) is 9.17. The van der Waals surface area contributed by atoms with Crippen LogP contribution >= 0.6 is 27.3 Å². The Kier molecular flexibility index (Phi) is 7.39. The molecule has 2 aromatic rings. The van der Waals surface area contributed by atoms with Crippen LogP contribution in [0.3, 0.4) is 0 Å². The van der Waals surface area contributed by atoms with Gasteiger partial charge in [-0.05, 0) is 46.6 Å². The fraction of sp³-hybridized carbons (Fsp3) is 0.353. The van der Waals surface area contributed by atoms with Crippen molar-refractivity contribution in [3.63, 3.8) is 0 Å². The van der Waals surface area contributed by atoms with Gasteiger partial charge < -0.3 is 20.1 Å². The molecule has 7 heteroatoms. The van der Waals surface area contributed by atoms with E-state index in [9.17, 15) is 0 Å². The third kappa shape index (κ3) is 5.42. The van der Waals surface area contributed by atoms with Crippen LogP contribution in [0.1, 0.15) is 10.4 Å². The van der Waals surface area contributed by atoms with E-state index >= 15 is 0 Å². The van der Waals surface area contributed by atoms with E-state index in [1.807, 2.05) is 18.2 Å². The molecule has 0 aliphatic carbocycles. The summed E-state index contributed by atoms with van der Waals surface area (Å²) in [5, 5.41) is 6.62. The van der Waals surface area contributed by atoms with Gasteiger partial charge in [-0.25, -0.2) is 0 Å². The SMILES string of the molecule is CN=C(NCCc1ccc(Br)s1)NCc1ccc(OC)cc1OC. The Bertz CT molecular complexity index is 688. The number of ether oxygens (including phenoxy) is 2. The minimum atomic E-state index is 0.622. The second kappa shape index (κ2) is 9.54. The van der Waals surface area contributed by atoms with E-state index in [0.717, 1.165) is 39.8 Å². The third-order valence-electron chi connectivity index (χ3n) is 3.46. The topological polar surface area (TPSA) is 54.9 Å². The minimum Gasteiger partial charge on any atom is -0.497 e. The van der Waals surface area contributed by atoms with E-state index in [1.54, 1.807) is 32.6 Å². The molecule has 0 atom stereocenters. The van der Waals surface area contributed by atoms with Crippen molar-refractivity contribution in [3.8, 4) is 11.5 Å². The lowest BCUT2D eigenvalue weighted by Crippen LogP contribution is -2.37. The van der Waals surface area contributed by atoms with Gasteiger partial charge in [-0.2, -0.15) is 0 Å². The number of nitrogens with one attached hydrogen (secondary N) is 2. The summed E-state index contributed by atoms with van der Waals surface area (Å²) in [5.74, 6) is 2.34. The maximum absolute atomic E-state index is 5.41. The van der Waals surface area contributed by atoms with E-state index < -0.39 is 0 Å². The molecule has 5 nitrogen and oxygen atoms in total. The van der Waals surface area contributed by atoms with E-state index in [2.05, 4.69) is 43.7 Å². The first-order valence-electron chi connectivity index (χ1n) is 7.56. The lowest BCUT2D eigenvalue weighted by Gasteiger charge is -2.14. The molecule has 2 rings (SSSR count). The van der Waals surface area contributed by atoms with Crippen molar-refractivity contribution in [2.45, 2.75) is 13.0 Å². The van der Waals surface area contributed by atoms with E-state index in [1.165, 1.54) is 4.88 Å².